The maximum atomic E-state index is 11.7. The Hall–Kier alpha value is -3.73. The predicted molar refractivity (Wildman–Crippen MR) is 105 cm³/mol. The number of nitriles is 1. The third-order valence-electron chi connectivity index (χ3n) is 5.39. The van der Waals surface area contributed by atoms with Crippen LogP contribution >= 0.6 is 0 Å². The number of anilines is 1. The SMILES string of the molecule is C=CC(=O)N1CC2(CCN(c3ncnc(Oc4cccc(C=O)c4)c3C#N)C2)C1. The number of aromatic nitrogens is 2. The first-order chi connectivity index (χ1) is 14.1. The molecule has 0 unspecified atom stereocenters. The Balaban J connectivity index is 1.54. The summed E-state index contributed by atoms with van der Waals surface area (Å²) in [5.41, 5.74) is 0.745. The highest BCUT2D eigenvalue weighted by molar-refractivity contribution is 5.87. The topological polar surface area (TPSA) is 99.4 Å². The van der Waals surface area contributed by atoms with E-state index >= 15 is 0 Å². The lowest BCUT2D eigenvalue weighted by atomic mass is 9.79. The number of nitrogens with zero attached hydrogens (tertiary/aromatic N) is 5. The first-order valence-corrected chi connectivity index (χ1v) is 9.22. The molecule has 146 valence electrons. The summed E-state index contributed by atoms with van der Waals surface area (Å²) in [5, 5.41) is 9.73. The van der Waals surface area contributed by atoms with Gasteiger partial charge in [-0.15, -0.1) is 0 Å². The van der Waals surface area contributed by atoms with Gasteiger partial charge in [0.25, 0.3) is 0 Å². The van der Waals surface area contributed by atoms with Gasteiger partial charge in [0.15, 0.2) is 11.4 Å². The van der Waals surface area contributed by atoms with Crippen LogP contribution in [-0.4, -0.2) is 53.2 Å². The lowest BCUT2D eigenvalue weighted by Gasteiger charge is -2.47. The number of benzene rings is 1. The molecule has 0 saturated carbocycles. The standard InChI is InChI=1S/C21H19N5O3/c1-2-18(28)26-12-21(13-26)6-7-25(11-21)19-17(9-22)20(24-14-23-19)29-16-5-3-4-15(8-16)10-27/h2-5,8,10,14H,1,6-7,11-13H2. The molecule has 2 fully saturated rings. The van der Waals surface area contributed by atoms with Crippen LogP contribution in [0.5, 0.6) is 11.6 Å². The molecule has 1 aromatic heterocycles. The molecule has 1 aromatic carbocycles. The van der Waals surface area contributed by atoms with Crippen LogP contribution in [0.15, 0.2) is 43.2 Å². The largest absolute Gasteiger partial charge is 0.437 e. The van der Waals surface area contributed by atoms with Crippen LogP contribution in [0.2, 0.25) is 0 Å². The Morgan fingerprint density at radius 1 is 1.31 bits per heavy atom. The zero-order valence-corrected chi connectivity index (χ0v) is 15.7. The van der Waals surface area contributed by atoms with Crippen molar-refractivity contribution in [3.05, 3.63) is 54.4 Å². The first-order valence-electron chi connectivity index (χ1n) is 9.22. The molecule has 8 nitrogen and oxygen atoms in total. The number of carbonyl (C=O) groups excluding carboxylic acids is 2. The van der Waals surface area contributed by atoms with Gasteiger partial charge in [0, 0.05) is 37.2 Å². The second kappa shape index (κ2) is 7.36. The molecular weight excluding hydrogens is 370 g/mol. The highest BCUT2D eigenvalue weighted by atomic mass is 16.5. The minimum absolute atomic E-state index is 0.0235. The summed E-state index contributed by atoms with van der Waals surface area (Å²) in [4.78, 5) is 35.0. The third kappa shape index (κ3) is 3.43. The van der Waals surface area contributed by atoms with E-state index in [1.807, 2.05) is 4.90 Å². The molecule has 0 radical (unpaired) electrons. The summed E-state index contributed by atoms with van der Waals surface area (Å²) < 4.78 is 5.78. The van der Waals surface area contributed by atoms with Crippen LogP contribution in [0.3, 0.4) is 0 Å². The average molecular weight is 389 g/mol. The maximum absolute atomic E-state index is 11.7. The summed E-state index contributed by atoms with van der Waals surface area (Å²) in [7, 11) is 0. The molecule has 2 aliphatic heterocycles. The van der Waals surface area contributed by atoms with Gasteiger partial charge in [-0.05, 0) is 24.6 Å². The van der Waals surface area contributed by atoms with Crippen LogP contribution < -0.4 is 9.64 Å². The van der Waals surface area contributed by atoms with Gasteiger partial charge in [-0.25, -0.2) is 9.97 Å². The van der Waals surface area contributed by atoms with Gasteiger partial charge < -0.3 is 14.5 Å². The van der Waals surface area contributed by atoms with Crippen molar-refractivity contribution in [1.29, 1.82) is 5.26 Å². The minimum atomic E-state index is -0.0536. The molecule has 0 bridgehead atoms. The number of aldehydes is 1. The van der Waals surface area contributed by atoms with Crippen LogP contribution in [0.25, 0.3) is 0 Å². The molecule has 2 aromatic rings. The zero-order valence-electron chi connectivity index (χ0n) is 15.7. The van der Waals surface area contributed by atoms with Crippen LogP contribution in [0, 0.1) is 16.7 Å². The third-order valence-corrected chi connectivity index (χ3v) is 5.39. The van der Waals surface area contributed by atoms with E-state index in [1.54, 1.807) is 29.2 Å². The van der Waals surface area contributed by atoms with E-state index in [9.17, 15) is 14.9 Å². The zero-order chi connectivity index (χ0) is 20.4. The Morgan fingerprint density at radius 3 is 2.86 bits per heavy atom. The number of hydrogen-bond acceptors (Lipinski definition) is 7. The highest BCUT2D eigenvalue weighted by Gasteiger charge is 2.49. The molecule has 1 amide bonds. The van der Waals surface area contributed by atoms with E-state index in [4.69, 9.17) is 4.74 Å². The maximum Gasteiger partial charge on any atom is 0.245 e. The van der Waals surface area contributed by atoms with Crippen molar-refractivity contribution in [3.8, 4) is 17.7 Å². The summed E-state index contributed by atoms with van der Waals surface area (Å²) in [5.74, 6) is 1.04. The average Bonchev–Trinajstić information content (AvgIpc) is 3.18. The Bertz CT molecular complexity index is 1020. The van der Waals surface area contributed by atoms with Crippen molar-refractivity contribution in [3.63, 3.8) is 0 Å². The molecule has 1 spiro atoms. The number of likely N-dealkylation sites (tertiary alicyclic amines) is 1. The summed E-state index contributed by atoms with van der Waals surface area (Å²) >= 11 is 0. The fourth-order valence-electron chi connectivity index (χ4n) is 3.96. The Kier molecular flexibility index (Phi) is 4.72. The van der Waals surface area contributed by atoms with E-state index in [0.29, 0.717) is 36.8 Å². The van der Waals surface area contributed by atoms with Gasteiger partial charge in [-0.3, -0.25) is 9.59 Å². The van der Waals surface area contributed by atoms with E-state index in [1.165, 1.54) is 12.4 Å². The summed E-state index contributed by atoms with van der Waals surface area (Å²) in [6, 6.07) is 8.79. The van der Waals surface area contributed by atoms with Crippen LogP contribution in [0.1, 0.15) is 22.3 Å². The molecule has 3 heterocycles. The second-order valence-corrected chi connectivity index (χ2v) is 7.35. The molecule has 4 rings (SSSR count). The lowest BCUT2D eigenvalue weighted by Crippen LogP contribution is -2.59. The lowest BCUT2D eigenvalue weighted by molar-refractivity contribution is -0.136. The minimum Gasteiger partial charge on any atom is -0.437 e. The Labute approximate surface area is 168 Å². The summed E-state index contributed by atoms with van der Waals surface area (Å²) in [6.07, 6.45) is 4.35. The molecule has 8 heteroatoms. The van der Waals surface area contributed by atoms with Gasteiger partial charge in [0.2, 0.25) is 11.8 Å². The molecule has 0 aliphatic carbocycles. The van der Waals surface area contributed by atoms with Crippen molar-refractivity contribution >= 4 is 18.0 Å². The smallest absolute Gasteiger partial charge is 0.245 e. The molecule has 0 N–H and O–H groups in total. The van der Waals surface area contributed by atoms with Crippen molar-refractivity contribution in [1.82, 2.24) is 14.9 Å². The monoisotopic (exact) mass is 389 g/mol. The number of rotatable bonds is 5. The van der Waals surface area contributed by atoms with Crippen LogP contribution in [-0.2, 0) is 4.79 Å². The summed E-state index contributed by atoms with van der Waals surface area (Å²) in [6.45, 7) is 6.34. The molecular formula is C21H19N5O3. The highest BCUT2D eigenvalue weighted by Crippen LogP contribution is 2.42. The van der Waals surface area contributed by atoms with E-state index < -0.39 is 0 Å². The Morgan fingerprint density at radius 2 is 2.14 bits per heavy atom. The van der Waals surface area contributed by atoms with Crippen LogP contribution in [0.4, 0.5) is 5.82 Å². The fourth-order valence-corrected chi connectivity index (χ4v) is 3.96. The number of carbonyl (C=O) groups is 2. The quantitative estimate of drug-likeness (QED) is 0.571. The molecule has 2 aliphatic rings. The number of hydrogen-bond donors (Lipinski definition) is 0. The van der Waals surface area contributed by atoms with Gasteiger partial charge in [0.05, 0.1) is 0 Å². The predicted octanol–water partition coefficient (Wildman–Crippen LogP) is 2.18. The molecule has 2 saturated heterocycles. The van der Waals surface area contributed by atoms with Crippen molar-refractivity contribution < 1.29 is 14.3 Å². The van der Waals surface area contributed by atoms with Gasteiger partial charge >= 0.3 is 0 Å². The normalized spacial score (nSPS) is 16.8. The van der Waals surface area contributed by atoms with E-state index in [0.717, 1.165) is 19.3 Å². The molecule has 0 atom stereocenters. The number of amides is 1. The van der Waals surface area contributed by atoms with Crippen molar-refractivity contribution in [2.24, 2.45) is 5.41 Å². The van der Waals surface area contributed by atoms with Gasteiger partial charge in [-0.2, -0.15) is 5.26 Å². The second-order valence-electron chi connectivity index (χ2n) is 7.35. The molecule has 29 heavy (non-hydrogen) atoms. The fraction of sp³-hybridized carbons (Fsp3) is 0.286. The van der Waals surface area contributed by atoms with Gasteiger partial charge in [-0.1, -0.05) is 18.7 Å². The first kappa shape index (κ1) is 18.6. The van der Waals surface area contributed by atoms with Crippen molar-refractivity contribution in [2.75, 3.05) is 31.1 Å². The van der Waals surface area contributed by atoms with Gasteiger partial charge in [0.1, 0.15) is 24.4 Å². The van der Waals surface area contributed by atoms with Crippen molar-refractivity contribution in [2.45, 2.75) is 6.42 Å². The number of ether oxygens (including phenoxy) is 1. The van der Waals surface area contributed by atoms with E-state index in [-0.39, 0.29) is 22.8 Å². The van der Waals surface area contributed by atoms with E-state index in [2.05, 4.69) is 22.6 Å².